The van der Waals surface area contributed by atoms with Crippen LogP contribution in [0.25, 0.3) is 0 Å². The predicted octanol–water partition coefficient (Wildman–Crippen LogP) is 5.43. The molecule has 0 aromatic carbocycles. The van der Waals surface area contributed by atoms with Gasteiger partial charge in [-0.2, -0.15) is 0 Å². The highest BCUT2D eigenvalue weighted by Gasteiger charge is 2.19. The molecular weight excluding hydrogens is 204 g/mol. The lowest BCUT2D eigenvalue weighted by Crippen LogP contribution is -1.98. The topological polar surface area (TPSA) is 0 Å². The Bertz CT molecular complexity index is 306. The average molecular weight is 230 g/mol. The van der Waals surface area contributed by atoms with Gasteiger partial charge in [0.15, 0.2) is 0 Å². The third-order valence-corrected chi connectivity index (χ3v) is 4.22. The van der Waals surface area contributed by atoms with Gasteiger partial charge in [-0.15, -0.1) is 0 Å². The summed E-state index contributed by atoms with van der Waals surface area (Å²) in [7, 11) is 0. The Kier molecular flexibility index (Phi) is 5.09. The normalized spacial score (nSPS) is 28.9. The molecular formula is C17H26. The van der Waals surface area contributed by atoms with E-state index in [9.17, 15) is 0 Å². The molecule has 0 amide bonds. The molecule has 0 N–H and O–H groups in total. The van der Waals surface area contributed by atoms with Crippen LogP contribution >= 0.6 is 0 Å². The number of hydrogen-bond donors (Lipinski definition) is 0. The van der Waals surface area contributed by atoms with Crippen molar-refractivity contribution < 1.29 is 0 Å². The molecule has 0 radical (unpaired) electrons. The summed E-state index contributed by atoms with van der Waals surface area (Å²) >= 11 is 0. The molecule has 1 fully saturated rings. The van der Waals surface area contributed by atoms with Gasteiger partial charge in [0.2, 0.25) is 0 Å². The van der Waals surface area contributed by atoms with Crippen molar-refractivity contribution in [1.82, 2.24) is 0 Å². The van der Waals surface area contributed by atoms with Crippen LogP contribution < -0.4 is 0 Å². The van der Waals surface area contributed by atoms with Crippen molar-refractivity contribution in [2.45, 2.75) is 58.3 Å². The molecule has 0 aliphatic heterocycles. The maximum Gasteiger partial charge on any atom is -0.0208 e. The second-order valence-corrected chi connectivity index (χ2v) is 5.65. The Hall–Kier alpha value is -0.780. The van der Waals surface area contributed by atoms with E-state index in [0.717, 1.165) is 11.8 Å². The van der Waals surface area contributed by atoms with Crippen LogP contribution in [0.1, 0.15) is 58.3 Å². The van der Waals surface area contributed by atoms with E-state index in [1.807, 2.05) is 0 Å². The van der Waals surface area contributed by atoms with Crippen molar-refractivity contribution >= 4 is 0 Å². The molecule has 0 nitrogen and oxygen atoms in total. The largest absolute Gasteiger partial charge is 0.0882 e. The first kappa shape index (κ1) is 12.7. The van der Waals surface area contributed by atoms with Gasteiger partial charge in [-0.1, -0.05) is 55.7 Å². The monoisotopic (exact) mass is 230 g/mol. The first-order chi connectivity index (χ1) is 8.36. The molecule has 2 aliphatic rings. The second-order valence-electron chi connectivity index (χ2n) is 5.65. The van der Waals surface area contributed by atoms with Gasteiger partial charge in [-0.25, -0.2) is 0 Å². The van der Waals surface area contributed by atoms with Crippen molar-refractivity contribution in [3.8, 4) is 0 Å². The summed E-state index contributed by atoms with van der Waals surface area (Å²) in [4.78, 5) is 0. The number of rotatable bonds is 5. The summed E-state index contributed by atoms with van der Waals surface area (Å²) in [6, 6.07) is 0. The Labute approximate surface area is 106 Å². The first-order valence-corrected chi connectivity index (χ1v) is 7.38. The summed E-state index contributed by atoms with van der Waals surface area (Å²) in [6.07, 6.45) is 22.6. The minimum absolute atomic E-state index is 0.879. The van der Waals surface area contributed by atoms with Crippen molar-refractivity contribution in [2.75, 3.05) is 0 Å². The summed E-state index contributed by atoms with van der Waals surface area (Å²) in [5.41, 5.74) is 1.55. The zero-order valence-corrected chi connectivity index (χ0v) is 11.2. The van der Waals surface area contributed by atoms with E-state index in [0.29, 0.717) is 0 Å². The van der Waals surface area contributed by atoms with E-state index in [-0.39, 0.29) is 0 Å². The predicted molar refractivity (Wildman–Crippen MR) is 76.0 cm³/mol. The van der Waals surface area contributed by atoms with E-state index < -0.39 is 0 Å². The molecule has 0 saturated heterocycles. The molecule has 94 valence electrons. The quantitative estimate of drug-likeness (QED) is 0.436. The zero-order chi connectivity index (χ0) is 11.9. The maximum atomic E-state index is 2.49. The Morgan fingerprint density at radius 1 is 1.29 bits per heavy atom. The van der Waals surface area contributed by atoms with Crippen LogP contribution in [0, 0.1) is 11.8 Å². The summed E-state index contributed by atoms with van der Waals surface area (Å²) in [6.45, 7) is 2.40. The Morgan fingerprint density at radius 3 is 2.94 bits per heavy atom. The van der Waals surface area contributed by atoms with E-state index in [1.54, 1.807) is 5.57 Å². The Balaban J connectivity index is 1.61. The summed E-state index contributed by atoms with van der Waals surface area (Å²) < 4.78 is 0. The van der Waals surface area contributed by atoms with Gasteiger partial charge in [0.25, 0.3) is 0 Å². The van der Waals surface area contributed by atoms with Gasteiger partial charge in [-0.3, -0.25) is 0 Å². The molecule has 1 unspecified atom stereocenters. The third-order valence-electron chi connectivity index (χ3n) is 4.22. The molecule has 0 heteroatoms. The fourth-order valence-corrected chi connectivity index (χ4v) is 3.01. The van der Waals surface area contributed by atoms with Crippen LogP contribution in [-0.2, 0) is 0 Å². The highest BCUT2D eigenvalue weighted by atomic mass is 14.2. The smallest absolute Gasteiger partial charge is 0.0208 e. The number of allylic oxidation sites excluding steroid dienone is 6. The van der Waals surface area contributed by atoms with E-state index in [4.69, 9.17) is 0 Å². The van der Waals surface area contributed by atoms with Crippen LogP contribution in [0.3, 0.4) is 0 Å². The molecule has 17 heavy (non-hydrogen) atoms. The lowest BCUT2D eigenvalue weighted by Gasteiger charge is -2.09. The highest BCUT2D eigenvalue weighted by molar-refractivity contribution is 5.21. The van der Waals surface area contributed by atoms with Gasteiger partial charge >= 0.3 is 0 Å². The molecule has 0 aromatic rings. The van der Waals surface area contributed by atoms with Crippen LogP contribution in [0.15, 0.2) is 36.0 Å². The average Bonchev–Trinajstić information content (AvgIpc) is 2.76. The van der Waals surface area contributed by atoms with E-state index in [2.05, 4.69) is 37.3 Å². The van der Waals surface area contributed by atoms with E-state index in [1.165, 1.54) is 51.4 Å². The van der Waals surface area contributed by atoms with Crippen LogP contribution in [0.4, 0.5) is 0 Å². The standard InChI is InChI=1S/C17H26/c1-15-9-8-14-17(15)13-7-3-6-12-16-10-4-2-5-11-16/h4,7,10-11,13,15,17H,2-3,5-6,8-9,12,14H2,1H3/b13-7+/t15?,17-/m0/s1. The van der Waals surface area contributed by atoms with Crippen molar-refractivity contribution in [1.29, 1.82) is 0 Å². The Morgan fingerprint density at radius 2 is 2.24 bits per heavy atom. The fraction of sp³-hybridized carbons (Fsp3) is 0.647. The third kappa shape index (κ3) is 4.18. The minimum atomic E-state index is 0.879. The van der Waals surface area contributed by atoms with Crippen LogP contribution in [0.2, 0.25) is 0 Å². The number of unbranched alkanes of at least 4 members (excludes halogenated alkanes) is 1. The molecule has 0 aromatic heterocycles. The molecule has 2 atom stereocenters. The summed E-state index contributed by atoms with van der Waals surface area (Å²) in [5, 5.41) is 0. The minimum Gasteiger partial charge on any atom is -0.0882 e. The molecule has 2 rings (SSSR count). The lowest BCUT2D eigenvalue weighted by atomic mass is 9.97. The van der Waals surface area contributed by atoms with Gasteiger partial charge in [-0.05, 0) is 50.4 Å². The van der Waals surface area contributed by atoms with Crippen LogP contribution in [0.5, 0.6) is 0 Å². The van der Waals surface area contributed by atoms with Gasteiger partial charge in [0.05, 0.1) is 0 Å². The highest BCUT2D eigenvalue weighted by Crippen LogP contribution is 2.32. The van der Waals surface area contributed by atoms with Gasteiger partial charge in [0.1, 0.15) is 0 Å². The van der Waals surface area contributed by atoms with Crippen LogP contribution in [-0.4, -0.2) is 0 Å². The molecule has 0 bridgehead atoms. The zero-order valence-electron chi connectivity index (χ0n) is 11.2. The maximum absolute atomic E-state index is 2.49. The number of hydrogen-bond acceptors (Lipinski definition) is 0. The molecule has 0 spiro atoms. The lowest BCUT2D eigenvalue weighted by molar-refractivity contribution is 0.502. The van der Waals surface area contributed by atoms with Gasteiger partial charge < -0.3 is 0 Å². The first-order valence-electron chi connectivity index (χ1n) is 7.38. The molecule has 0 heterocycles. The van der Waals surface area contributed by atoms with Crippen molar-refractivity contribution in [2.24, 2.45) is 11.8 Å². The van der Waals surface area contributed by atoms with E-state index >= 15 is 0 Å². The fourth-order valence-electron chi connectivity index (χ4n) is 3.01. The van der Waals surface area contributed by atoms with Gasteiger partial charge in [0, 0.05) is 0 Å². The molecule has 2 aliphatic carbocycles. The SMILES string of the molecule is CC1CCC[C@@H]1/C=C/CCCC1=CCCC=C1. The van der Waals surface area contributed by atoms with Crippen molar-refractivity contribution in [3.05, 3.63) is 36.0 Å². The summed E-state index contributed by atoms with van der Waals surface area (Å²) in [5.74, 6) is 1.80. The van der Waals surface area contributed by atoms with Crippen molar-refractivity contribution in [3.63, 3.8) is 0 Å². The second kappa shape index (κ2) is 6.83. The molecule has 1 saturated carbocycles.